The number of unbranched alkanes of at least 4 members (excludes halogenated alkanes) is 1. The molecule has 0 unspecified atom stereocenters. The Hall–Kier alpha value is -3.67. The van der Waals surface area contributed by atoms with Crippen LogP contribution in [0.4, 0.5) is 4.79 Å². The first-order valence-corrected chi connectivity index (χ1v) is 15.5. The zero-order chi connectivity index (χ0) is 32.7. The number of amides is 3. The van der Waals surface area contributed by atoms with Crippen molar-refractivity contribution in [3.8, 4) is 0 Å². The van der Waals surface area contributed by atoms with E-state index in [0.717, 1.165) is 17.7 Å². The first-order valence-electron chi connectivity index (χ1n) is 14.3. The summed E-state index contributed by atoms with van der Waals surface area (Å²) in [7, 11) is 0. The molecular formula is C31H46N4O7S. The van der Waals surface area contributed by atoms with Gasteiger partial charge in [-0.05, 0) is 71.4 Å². The normalized spacial score (nSPS) is 13.3. The summed E-state index contributed by atoms with van der Waals surface area (Å²) in [5.41, 5.74) is -0.279. The van der Waals surface area contributed by atoms with Gasteiger partial charge in [0.2, 0.25) is 0 Å². The van der Waals surface area contributed by atoms with Crippen molar-refractivity contribution < 1.29 is 33.4 Å². The average molecular weight is 619 g/mol. The molecular weight excluding hydrogens is 572 g/mol. The van der Waals surface area contributed by atoms with Gasteiger partial charge < -0.3 is 25.4 Å². The average Bonchev–Trinajstić information content (AvgIpc) is 2.91. The quantitative estimate of drug-likeness (QED) is 0.108. The van der Waals surface area contributed by atoms with Gasteiger partial charge in [0, 0.05) is 11.3 Å². The Kier molecular flexibility index (Phi) is 15.7. The van der Waals surface area contributed by atoms with E-state index in [4.69, 9.17) is 9.47 Å². The molecule has 238 valence electrons. The minimum absolute atomic E-state index is 0.0247. The number of hydrogen-bond acceptors (Lipinski definition) is 9. The van der Waals surface area contributed by atoms with Crippen molar-refractivity contribution in [1.29, 1.82) is 0 Å². The number of esters is 1. The van der Waals surface area contributed by atoms with Gasteiger partial charge in [-0.1, -0.05) is 39.3 Å². The molecule has 43 heavy (non-hydrogen) atoms. The smallest absolute Gasteiger partial charge is 0.407 e. The highest BCUT2D eigenvalue weighted by Gasteiger charge is 2.29. The lowest BCUT2D eigenvalue weighted by Gasteiger charge is -2.24. The number of ether oxygens (including phenoxy) is 2. The van der Waals surface area contributed by atoms with E-state index in [9.17, 15) is 24.0 Å². The minimum atomic E-state index is -1.03. The molecule has 0 radical (unpaired) electrons. The predicted octanol–water partition coefficient (Wildman–Crippen LogP) is 4.85. The molecule has 1 aromatic heterocycles. The highest BCUT2D eigenvalue weighted by molar-refractivity contribution is 7.98. The summed E-state index contributed by atoms with van der Waals surface area (Å²) in [5, 5.41) is 7.83. The van der Waals surface area contributed by atoms with Crippen LogP contribution in [0.25, 0.3) is 0 Å². The molecule has 0 saturated heterocycles. The van der Waals surface area contributed by atoms with Crippen LogP contribution >= 0.6 is 11.8 Å². The minimum Gasteiger partial charge on any atom is -0.456 e. The summed E-state index contributed by atoms with van der Waals surface area (Å²) in [4.78, 5) is 68.2. The summed E-state index contributed by atoms with van der Waals surface area (Å²) in [6, 6.07) is 2.18. The number of allylic oxidation sites excluding steroid dienone is 2. The Bertz CT molecular complexity index is 1210. The number of hydrogen-bond donors (Lipinski definition) is 3. The molecule has 11 nitrogen and oxygen atoms in total. The molecule has 0 aliphatic heterocycles. The standard InChI is InChI=1S/C31H46N4O7S/c1-10-12-13-14-21(17-20(5)36)41-29(39)26(19(3)4)35-27(37)22(11-2)34-28(38)23-15-16-25(43-9)24(33-23)18-32-30(40)42-31(6,7)8/h11,13-16,19,21,26H,10,12,17-18H2,1-9H3,(H,32,40)(H,34,38)(H,35,37)/b14-13+,22-11-/t21-,26+/m1/s1. The molecule has 0 saturated carbocycles. The summed E-state index contributed by atoms with van der Waals surface area (Å²) in [6.07, 6.45) is 7.13. The molecule has 0 aliphatic carbocycles. The third-order valence-electron chi connectivity index (χ3n) is 5.73. The molecule has 0 bridgehead atoms. The predicted molar refractivity (Wildman–Crippen MR) is 166 cm³/mol. The number of pyridine rings is 1. The Morgan fingerprint density at radius 2 is 1.79 bits per heavy atom. The Morgan fingerprint density at radius 3 is 2.33 bits per heavy atom. The Morgan fingerprint density at radius 1 is 1.12 bits per heavy atom. The summed E-state index contributed by atoms with van der Waals surface area (Å²) in [5.74, 6) is -2.51. The number of ketones is 1. The summed E-state index contributed by atoms with van der Waals surface area (Å²) < 4.78 is 10.8. The second-order valence-corrected chi connectivity index (χ2v) is 12.0. The van der Waals surface area contributed by atoms with E-state index in [1.807, 2.05) is 19.3 Å². The lowest BCUT2D eigenvalue weighted by atomic mass is 10.0. The van der Waals surface area contributed by atoms with E-state index < -0.39 is 41.6 Å². The van der Waals surface area contributed by atoms with Gasteiger partial charge in [0.25, 0.3) is 11.8 Å². The maximum atomic E-state index is 13.1. The fourth-order valence-corrected chi connectivity index (χ4v) is 4.19. The largest absolute Gasteiger partial charge is 0.456 e. The van der Waals surface area contributed by atoms with Crippen molar-refractivity contribution in [1.82, 2.24) is 20.9 Å². The SMILES string of the molecule is C/C=C(\NC(=O)c1ccc(SC)c(CNC(=O)OC(C)(C)C)n1)C(=O)N[C@H](C(=O)O[C@H](/C=C/CCC)CC(C)=O)C(C)C. The molecule has 12 heteroatoms. The number of aromatic nitrogens is 1. The Labute approximate surface area is 259 Å². The lowest BCUT2D eigenvalue weighted by Crippen LogP contribution is -2.48. The molecule has 3 amide bonds. The molecule has 1 aromatic rings. The Balaban J connectivity index is 3.02. The van der Waals surface area contributed by atoms with Gasteiger partial charge in [0.1, 0.15) is 34.9 Å². The van der Waals surface area contributed by atoms with Gasteiger partial charge in [0.05, 0.1) is 12.2 Å². The summed E-state index contributed by atoms with van der Waals surface area (Å²) >= 11 is 1.40. The van der Waals surface area contributed by atoms with Gasteiger partial charge in [0.15, 0.2) is 0 Å². The monoisotopic (exact) mass is 618 g/mol. The molecule has 0 aliphatic rings. The van der Waals surface area contributed by atoms with Crippen LogP contribution in [0.1, 0.15) is 90.8 Å². The van der Waals surface area contributed by atoms with E-state index in [-0.39, 0.29) is 36.1 Å². The fraction of sp³-hybridized carbons (Fsp3) is 0.548. The zero-order valence-electron chi connectivity index (χ0n) is 26.7. The second-order valence-electron chi connectivity index (χ2n) is 11.2. The lowest BCUT2D eigenvalue weighted by molar-refractivity contribution is -0.152. The molecule has 0 spiro atoms. The van der Waals surface area contributed by atoms with E-state index >= 15 is 0 Å². The van der Waals surface area contributed by atoms with Gasteiger partial charge in [-0.15, -0.1) is 11.8 Å². The molecule has 1 rings (SSSR count). The first-order chi connectivity index (χ1) is 20.1. The fourth-order valence-electron chi connectivity index (χ4n) is 3.63. The number of thioether (sulfide) groups is 1. The van der Waals surface area contributed by atoms with Crippen molar-refractivity contribution in [2.45, 2.75) is 104 Å². The third-order valence-corrected chi connectivity index (χ3v) is 6.55. The molecule has 3 N–H and O–H groups in total. The van der Waals surface area contributed by atoms with Crippen LogP contribution in [0.15, 0.2) is 41.0 Å². The van der Waals surface area contributed by atoms with Crippen molar-refractivity contribution in [2.75, 3.05) is 6.26 Å². The third kappa shape index (κ3) is 13.9. The van der Waals surface area contributed by atoms with Crippen molar-refractivity contribution in [3.63, 3.8) is 0 Å². The molecule has 2 atom stereocenters. The summed E-state index contributed by atoms with van der Waals surface area (Å²) in [6.45, 7) is 13.8. The van der Waals surface area contributed by atoms with Crippen LogP contribution in [-0.4, -0.2) is 58.6 Å². The van der Waals surface area contributed by atoms with Crippen molar-refractivity contribution in [3.05, 3.63) is 47.4 Å². The number of nitrogens with zero attached hydrogens (tertiary/aromatic N) is 1. The maximum Gasteiger partial charge on any atom is 0.407 e. The number of alkyl carbamates (subject to hydrolysis) is 1. The number of rotatable bonds is 15. The second kappa shape index (κ2) is 18.1. The highest BCUT2D eigenvalue weighted by atomic mass is 32.2. The van der Waals surface area contributed by atoms with Gasteiger partial charge >= 0.3 is 12.1 Å². The molecule has 0 fully saturated rings. The number of carbonyl (C=O) groups excluding carboxylic acids is 5. The topological polar surface area (TPSA) is 153 Å². The van der Waals surface area contributed by atoms with Crippen molar-refractivity contribution in [2.24, 2.45) is 5.92 Å². The highest BCUT2D eigenvalue weighted by Crippen LogP contribution is 2.20. The van der Waals surface area contributed by atoms with Crippen LogP contribution in [0.3, 0.4) is 0 Å². The van der Waals surface area contributed by atoms with Gasteiger partial charge in [-0.3, -0.25) is 14.4 Å². The van der Waals surface area contributed by atoms with Crippen LogP contribution in [-0.2, 0) is 30.4 Å². The van der Waals surface area contributed by atoms with Crippen molar-refractivity contribution >= 4 is 41.4 Å². The van der Waals surface area contributed by atoms with E-state index in [0.29, 0.717) is 5.69 Å². The van der Waals surface area contributed by atoms with Crippen LogP contribution < -0.4 is 16.0 Å². The van der Waals surface area contributed by atoms with Crippen LogP contribution in [0.2, 0.25) is 0 Å². The zero-order valence-corrected chi connectivity index (χ0v) is 27.5. The van der Waals surface area contributed by atoms with Gasteiger partial charge in [-0.25, -0.2) is 14.6 Å². The maximum absolute atomic E-state index is 13.1. The van der Waals surface area contributed by atoms with E-state index in [1.54, 1.807) is 53.7 Å². The van der Waals surface area contributed by atoms with Crippen LogP contribution in [0.5, 0.6) is 0 Å². The number of Topliss-reactive ketones (excluding diaryl/α,β-unsaturated/α-hetero) is 1. The van der Waals surface area contributed by atoms with E-state index in [1.165, 1.54) is 30.8 Å². The van der Waals surface area contributed by atoms with E-state index in [2.05, 4.69) is 20.9 Å². The van der Waals surface area contributed by atoms with Gasteiger partial charge in [-0.2, -0.15) is 0 Å². The number of nitrogens with one attached hydrogen (secondary N) is 3. The molecule has 0 aromatic carbocycles. The number of carbonyl (C=O) groups is 5. The first kappa shape index (κ1) is 37.4. The molecule has 1 heterocycles. The van der Waals surface area contributed by atoms with Crippen LogP contribution in [0, 0.1) is 5.92 Å².